The van der Waals surface area contributed by atoms with Gasteiger partial charge in [0.1, 0.15) is 11.6 Å². The summed E-state index contributed by atoms with van der Waals surface area (Å²) >= 11 is 0.590. The number of hydrogen-bond donors (Lipinski definition) is 1. The fraction of sp³-hybridized carbons (Fsp3) is 0.176. The summed E-state index contributed by atoms with van der Waals surface area (Å²) in [7, 11) is 0. The molecule has 0 amide bonds. The lowest BCUT2D eigenvalue weighted by atomic mass is 10.1. The molecule has 0 saturated carbocycles. The predicted octanol–water partition coefficient (Wildman–Crippen LogP) is 5.42. The van der Waals surface area contributed by atoms with Gasteiger partial charge in [0.15, 0.2) is 5.01 Å². The Morgan fingerprint density at radius 1 is 1.04 bits per heavy atom. The molecule has 0 saturated heterocycles. The minimum absolute atomic E-state index is 0.0898. The Morgan fingerprint density at radius 2 is 1.65 bits per heavy atom. The van der Waals surface area contributed by atoms with Gasteiger partial charge in [-0.2, -0.15) is 13.2 Å². The highest BCUT2D eigenvalue weighted by Crippen LogP contribution is 2.37. The van der Waals surface area contributed by atoms with Crippen molar-refractivity contribution in [2.45, 2.75) is 19.6 Å². The average molecular weight is 385 g/mol. The fourth-order valence-electron chi connectivity index (χ4n) is 2.33. The zero-order valence-electron chi connectivity index (χ0n) is 13.4. The van der Waals surface area contributed by atoms with E-state index >= 15 is 0 Å². The Balaban J connectivity index is 1.76. The average Bonchev–Trinajstić information content (AvgIpc) is 2.97. The van der Waals surface area contributed by atoms with Crippen molar-refractivity contribution in [2.24, 2.45) is 0 Å². The SMILES string of the molecule is Cc1sc(C(F)(F)F)nc1-c1ccc(NCc2c(F)cncc2F)cc1. The lowest BCUT2D eigenvalue weighted by Gasteiger charge is -2.09. The summed E-state index contributed by atoms with van der Waals surface area (Å²) in [5.41, 5.74) is 1.21. The lowest BCUT2D eigenvalue weighted by molar-refractivity contribution is -0.137. The molecule has 2 heterocycles. The molecule has 1 aromatic carbocycles. The van der Waals surface area contributed by atoms with Crippen LogP contribution in [0.5, 0.6) is 0 Å². The number of aromatic nitrogens is 2. The second kappa shape index (κ2) is 6.99. The van der Waals surface area contributed by atoms with Gasteiger partial charge >= 0.3 is 6.18 Å². The van der Waals surface area contributed by atoms with E-state index in [1.165, 1.54) is 0 Å². The van der Waals surface area contributed by atoms with Crippen molar-refractivity contribution in [3.8, 4) is 11.3 Å². The molecule has 3 rings (SSSR count). The zero-order valence-corrected chi connectivity index (χ0v) is 14.2. The van der Waals surface area contributed by atoms with Crippen LogP contribution in [0.25, 0.3) is 11.3 Å². The number of alkyl halides is 3. The first kappa shape index (κ1) is 18.2. The van der Waals surface area contributed by atoms with Crippen molar-refractivity contribution in [1.29, 1.82) is 0 Å². The van der Waals surface area contributed by atoms with Gasteiger partial charge < -0.3 is 5.32 Å². The molecule has 0 atom stereocenters. The van der Waals surface area contributed by atoms with Crippen LogP contribution in [0.15, 0.2) is 36.7 Å². The summed E-state index contributed by atoms with van der Waals surface area (Å²) in [5.74, 6) is -1.52. The summed E-state index contributed by atoms with van der Waals surface area (Å²) in [6.45, 7) is 1.48. The minimum atomic E-state index is -4.48. The van der Waals surface area contributed by atoms with Crippen LogP contribution < -0.4 is 5.32 Å². The molecule has 0 aliphatic rings. The topological polar surface area (TPSA) is 37.8 Å². The number of pyridine rings is 1. The standard InChI is InChI=1S/C17H12F5N3S/c1-9-15(25-16(26-9)17(20,21)22)10-2-4-11(5-3-10)24-6-12-13(18)7-23-8-14(12)19/h2-5,7-8,24H,6H2,1H3. The number of benzene rings is 1. The first-order valence-corrected chi connectivity index (χ1v) is 8.24. The lowest BCUT2D eigenvalue weighted by Crippen LogP contribution is -2.05. The van der Waals surface area contributed by atoms with Crippen molar-refractivity contribution < 1.29 is 22.0 Å². The Bertz CT molecular complexity index is 899. The number of halogens is 5. The monoisotopic (exact) mass is 385 g/mol. The molecule has 0 bridgehead atoms. The van der Waals surface area contributed by atoms with Gasteiger partial charge in [-0.1, -0.05) is 12.1 Å². The van der Waals surface area contributed by atoms with Gasteiger partial charge in [-0.05, 0) is 19.1 Å². The molecule has 2 aromatic heterocycles. The van der Waals surface area contributed by atoms with E-state index in [0.29, 0.717) is 27.5 Å². The van der Waals surface area contributed by atoms with E-state index in [4.69, 9.17) is 0 Å². The Morgan fingerprint density at radius 3 is 2.19 bits per heavy atom. The molecule has 0 aliphatic heterocycles. The molecule has 9 heteroatoms. The van der Waals surface area contributed by atoms with Crippen LogP contribution in [-0.2, 0) is 12.7 Å². The van der Waals surface area contributed by atoms with Crippen molar-refractivity contribution in [1.82, 2.24) is 9.97 Å². The van der Waals surface area contributed by atoms with E-state index in [2.05, 4.69) is 15.3 Å². The highest BCUT2D eigenvalue weighted by Gasteiger charge is 2.35. The maximum absolute atomic E-state index is 13.5. The van der Waals surface area contributed by atoms with E-state index in [9.17, 15) is 22.0 Å². The Labute approximate surface area is 149 Å². The smallest absolute Gasteiger partial charge is 0.381 e. The van der Waals surface area contributed by atoms with Gasteiger partial charge in [-0.25, -0.2) is 13.8 Å². The van der Waals surface area contributed by atoms with E-state index in [0.717, 1.165) is 12.4 Å². The van der Waals surface area contributed by atoms with Gasteiger partial charge in [0.05, 0.1) is 18.1 Å². The summed E-state index contributed by atoms with van der Waals surface area (Å²) in [6.07, 6.45) is -2.63. The van der Waals surface area contributed by atoms with Gasteiger partial charge in [0.2, 0.25) is 0 Å². The molecular formula is C17H12F5N3S. The molecule has 3 nitrogen and oxygen atoms in total. The summed E-state index contributed by atoms with van der Waals surface area (Å²) in [6, 6.07) is 6.42. The normalized spacial score (nSPS) is 11.6. The van der Waals surface area contributed by atoms with E-state index < -0.39 is 22.8 Å². The van der Waals surface area contributed by atoms with Crippen LogP contribution in [0.1, 0.15) is 15.4 Å². The third-order valence-corrected chi connectivity index (χ3v) is 4.63. The molecule has 3 aromatic rings. The second-order valence-electron chi connectivity index (χ2n) is 5.43. The van der Waals surface area contributed by atoms with Crippen molar-refractivity contribution in [2.75, 3.05) is 5.32 Å². The van der Waals surface area contributed by atoms with E-state index in [-0.39, 0.29) is 17.8 Å². The number of rotatable bonds is 4. The van der Waals surface area contributed by atoms with Crippen LogP contribution >= 0.6 is 11.3 Å². The number of nitrogens with zero attached hydrogens (tertiary/aromatic N) is 2. The molecule has 0 spiro atoms. The molecular weight excluding hydrogens is 373 g/mol. The van der Waals surface area contributed by atoms with Crippen molar-refractivity contribution in [3.05, 3.63) is 63.7 Å². The summed E-state index contributed by atoms with van der Waals surface area (Å²) < 4.78 is 65.4. The van der Waals surface area contributed by atoms with E-state index in [1.807, 2.05) is 0 Å². The third-order valence-electron chi connectivity index (χ3n) is 3.62. The first-order valence-electron chi connectivity index (χ1n) is 7.42. The summed E-state index contributed by atoms with van der Waals surface area (Å²) in [4.78, 5) is 7.53. The predicted molar refractivity (Wildman–Crippen MR) is 88.8 cm³/mol. The first-order chi connectivity index (χ1) is 12.3. The molecule has 0 fully saturated rings. The number of anilines is 1. The molecule has 1 N–H and O–H groups in total. The van der Waals surface area contributed by atoms with Crippen LogP contribution in [-0.4, -0.2) is 9.97 Å². The van der Waals surface area contributed by atoms with Gasteiger partial charge in [-0.3, -0.25) is 4.98 Å². The molecule has 136 valence electrons. The van der Waals surface area contributed by atoms with Gasteiger partial charge in [0.25, 0.3) is 0 Å². The molecule has 0 aliphatic carbocycles. The van der Waals surface area contributed by atoms with Crippen LogP contribution in [0, 0.1) is 18.6 Å². The Kier molecular flexibility index (Phi) is 4.90. The van der Waals surface area contributed by atoms with Crippen molar-refractivity contribution in [3.63, 3.8) is 0 Å². The number of hydrogen-bond acceptors (Lipinski definition) is 4. The van der Waals surface area contributed by atoms with E-state index in [1.54, 1.807) is 31.2 Å². The fourth-order valence-corrected chi connectivity index (χ4v) is 3.13. The molecule has 0 radical (unpaired) electrons. The summed E-state index contributed by atoms with van der Waals surface area (Å²) in [5, 5.41) is 1.97. The molecule has 26 heavy (non-hydrogen) atoms. The van der Waals surface area contributed by atoms with Crippen LogP contribution in [0.2, 0.25) is 0 Å². The molecule has 0 unspecified atom stereocenters. The number of nitrogens with one attached hydrogen (secondary N) is 1. The highest BCUT2D eigenvalue weighted by atomic mass is 32.1. The van der Waals surface area contributed by atoms with Gasteiger partial charge in [0, 0.05) is 28.2 Å². The zero-order chi connectivity index (χ0) is 18.9. The Hall–Kier alpha value is -2.55. The minimum Gasteiger partial charge on any atom is -0.381 e. The van der Waals surface area contributed by atoms with Crippen LogP contribution in [0.3, 0.4) is 0 Å². The highest BCUT2D eigenvalue weighted by molar-refractivity contribution is 7.12. The largest absolute Gasteiger partial charge is 0.443 e. The maximum atomic E-state index is 13.5. The maximum Gasteiger partial charge on any atom is 0.443 e. The van der Waals surface area contributed by atoms with Crippen molar-refractivity contribution >= 4 is 17.0 Å². The van der Waals surface area contributed by atoms with Gasteiger partial charge in [-0.15, -0.1) is 11.3 Å². The third kappa shape index (κ3) is 3.82. The quantitative estimate of drug-likeness (QED) is 0.609. The second-order valence-corrected chi connectivity index (χ2v) is 6.64. The number of thiazole rings is 1. The number of aryl methyl sites for hydroxylation is 1. The van der Waals surface area contributed by atoms with Crippen LogP contribution in [0.4, 0.5) is 27.6 Å².